The van der Waals surface area contributed by atoms with Crippen LogP contribution in [-0.2, 0) is 20.9 Å². The predicted octanol–water partition coefficient (Wildman–Crippen LogP) is 3.11. The summed E-state index contributed by atoms with van der Waals surface area (Å²) in [6.07, 6.45) is 0.112. The van der Waals surface area contributed by atoms with Crippen LogP contribution >= 0.6 is 11.6 Å². The first-order chi connectivity index (χ1) is 12.5. The van der Waals surface area contributed by atoms with Crippen molar-refractivity contribution in [1.29, 1.82) is 0 Å². The number of Topliss-reactive ketones (excluding diaryl/α,β-unsaturated/α-hetero) is 1. The molecule has 0 radical (unpaired) electrons. The highest BCUT2D eigenvalue weighted by Crippen LogP contribution is 2.21. The van der Waals surface area contributed by atoms with E-state index in [1.807, 2.05) is 30.3 Å². The molecule has 1 aliphatic rings. The normalized spacial score (nSPS) is 16.6. The third-order valence-corrected chi connectivity index (χ3v) is 4.53. The molecule has 0 unspecified atom stereocenters. The number of hydrogen-bond acceptors (Lipinski definition) is 4. The third kappa shape index (κ3) is 4.49. The van der Waals surface area contributed by atoms with Gasteiger partial charge >= 0.3 is 5.97 Å². The summed E-state index contributed by atoms with van der Waals surface area (Å²) in [6, 6.07) is 16.0. The van der Waals surface area contributed by atoms with Crippen LogP contribution in [0.2, 0.25) is 5.02 Å². The van der Waals surface area contributed by atoms with Crippen molar-refractivity contribution < 1.29 is 19.1 Å². The molecule has 1 atom stereocenters. The van der Waals surface area contributed by atoms with Crippen molar-refractivity contribution in [2.45, 2.75) is 13.0 Å². The van der Waals surface area contributed by atoms with Gasteiger partial charge in [-0.25, -0.2) is 0 Å². The minimum atomic E-state index is -0.538. The van der Waals surface area contributed by atoms with Crippen molar-refractivity contribution in [3.8, 4) is 0 Å². The number of hydrogen-bond donors (Lipinski definition) is 0. The Kier molecular flexibility index (Phi) is 5.68. The van der Waals surface area contributed by atoms with E-state index in [0.29, 0.717) is 23.7 Å². The zero-order valence-electron chi connectivity index (χ0n) is 14.1. The Morgan fingerprint density at radius 1 is 1.08 bits per heavy atom. The van der Waals surface area contributed by atoms with E-state index >= 15 is 0 Å². The van der Waals surface area contributed by atoms with Crippen LogP contribution in [0.15, 0.2) is 54.6 Å². The summed E-state index contributed by atoms with van der Waals surface area (Å²) in [7, 11) is 0. The van der Waals surface area contributed by atoms with Crippen LogP contribution in [0.25, 0.3) is 0 Å². The standard InChI is InChI=1S/C20H18ClNO4/c21-17-8-6-15(7-9-17)18(23)13-26-20(25)16-10-19(24)22(12-16)11-14-4-2-1-3-5-14/h1-9,16H,10-13H2/t16-/m0/s1. The number of amides is 1. The van der Waals surface area contributed by atoms with Gasteiger partial charge in [0.2, 0.25) is 5.91 Å². The van der Waals surface area contributed by atoms with Gasteiger partial charge in [0.15, 0.2) is 12.4 Å². The van der Waals surface area contributed by atoms with Crippen molar-refractivity contribution in [1.82, 2.24) is 4.90 Å². The first-order valence-electron chi connectivity index (χ1n) is 8.30. The second-order valence-corrected chi connectivity index (χ2v) is 6.64. The van der Waals surface area contributed by atoms with Gasteiger partial charge in [0, 0.05) is 30.1 Å². The number of ether oxygens (including phenoxy) is 1. The predicted molar refractivity (Wildman–Crippen MR) is 96.7 cm³/mol. The Morgan fingerprint density at radius 2 is 1.77 bits per heavy atom. The van der Waals surface area contributed by atoms with Crippen LogP contribution in [0, 0.1) is 5.92 Å². The maximum absolute atomic E-state index is 12.2. The first kappa shape index (κ1) is 18.1. The molecule has 0 N–H and O–H groups in total. The fourth-order valence-corrected chi connectivity index (χ4v) is 2.99. The van der Waals surface area contributed by atoms with Gasteiger partial charge in [0.1, 0.15) is 0 Å². The molecule has 1 saturated heterocycles. The van der Waals surface area contributed by atoms with Gasteiger partial charge in [0.05, 0.1) is 5.92 Å². The minimum absolute atomic E-state index is 0.0835. The summed E-state index contributed by atoms with van der Waals surface area (Å²) < 4.78 is 5.12. The van der Waals surface area contributed by atoms with E-state index in [0.717, 1.165) is 5.56 Å². The number of likely N-dealkylation sites (tertiary alicyclic amines) is 1. The molecular formula is C20H18ClNO4. The maximum atomic E-state index is 12.2. The molecule has 2 aromatic rings. The van der Waals surface area contributed by atoms with Crippen molar-refractivity contribution in [3.63, 3.8) is 0 Å². The smallest absolute Gasteiger partial charge is 0.311 e. The number of carbonyl (C=O) groups excluding carboxylic acids is 3. The van der Waals surface area contributed by atoms with Crippen molar-refractivity contribution >= 4 is 29.3 Å². The van der Waals surface area contributed by atoms with E-state index in [-0.39, 0.29) is 24.7 Å². The lowest BCUT2D eigenvalue weighted by Gasteiger charge is -2.16. The number of rotatable bonds is 6. The second-order valence-electron chi connectivity index (χ2n) is 6.20. The molecule has 0 saturated carbocycles. The van der Waals surface area contributed by atoms with Crippen LogP contribution in [0.4, 0.5) is 0 Å². The Morgan fingerprint density at radius 3 is 2.46 bits per heavy atom. The summed E-state index contributed by atoms with van der Waals surface area (Å²) in [6.45, 7) is 0.429. The van der Waals surface area contributed by atoms with E-state index in [2.05, 4.69) is 0 Å². The van der Waals surface area contributed by atoms with Crippen LogP contribution in [-0.4, -0.2) is 35.7 Å². The molecule has 0 spiro atoms. The minimum Gasteiger partial charge on any atom is -0.457 e. The fourth-order valence-electron chi connectivity index (χ4n) is 2.86. The molecule has 134 valence electrons. The summed E-state index contributed by atoms with van der Waals surface area (Å²) in [5.74, 6) is -1.44. The van der Waals surface area contributed by atoms with Crippen LogP contribution in [0.5, 0.6) is 0 Å². The Balaban J connectivity index is 1.51. The van der Waals surface area contributed by atoms with E-state index in [1.165, 1.54) is 0 Å². The highest BCUT2D eigenvalue weighted by Gasteiger charge is 2.35. The molecule has 0 aliphatic carbocycles. The topological polar surface area (TPSA) is 63.7 Å². The molecule has 2 aromatic carbocycles. The highest BCUT2D eigenvalue weighted by molar-refractivity contribution is 6.30. The van der Waals surface area contributed by atoms with E-state index in [9.17, 15) is 14.4 Å². The summed E-state index contributed by atoms with van der Waals surface area (Å²) in [5, 5.41) is 0.529. The summed E-state index contributed by atoms with van der Waals surface area (Å²) >= 11 is 5.78. The quantitative estimate of drug-likeness (QED) is 0.578. The lowest BCUT2D eigenvalue weighted by Crippen LogP contribution is -2.27. The molecule has 1 aliphatic heterocycles. The largest absolute Gasteiger partial charge is 0.457 e. The third-order valence-electron chi connectivity index (χ3n) is 4.28. The molecule has 0 aromatic heterocycles. The van der Waals surface area contributed by atoms with Crippen LogP contribution in [0.1, 0.15) is 22.3 Å². The van der Waals surface area contributed by atoms with Crippen molar-refractivity contribution in [2.24, 2.45) is 5.92 Å². The molecular weight excluding hydrogens is 354 g/mol. The Hall–Kier alpha value is -2.66. The van der Waals surface area contributed by atoms with Gasteiger partial charge in [-0.2, -0.15) is 0 Å². The molecule has 3 rings (SSSR count). The average molecular weight is 372 g/mol. The van der Waals surface area contributed by atoms with Gasteiger partial charge in [-0.3, -0.25) is 14.4 Å². The molecule has 0 bridgehead atoms. The molecule has 1 heterocycles. The second kappa shape index (κ2) is 8.15. The summed E-state index contributed by atoms with van der Waals surface area (Å²) in [4.78, 5) is 38.0. The van der Waals surface area contributed by atoms with E-state index in [1.54, 1.807) is 29.2 Å². The number of carbonyl (C=O) groups is 3. The number of halogens is 1. The fraction of sp³-hybridized carbons (Fsp3) is 0.250. The van der Waals surface area contributed by atoms with Gasteiger partial charge in [-0.05, 0) is 29.8 Å². The van der Waals surface area contributed by atoms with Gasteiger partial charge in [-0.15, -0.1) is 0 Å². The maximum Gasteiger partial charge on any atom is 0.311 e. The monoisotopic (exact) mass is 371 g/mol. The lowest BCUT2D eigenvalue weighted by molar-refractivity contribution is -0.147. The van der Waals surface area contributed by atoms with Gasteiger partial charge in [0.25, 0.3) is 0 Å². The van der Waals surface area contributed by atoms with E-state index < -0.39 is 11.9 Å². The first-order valence-corrected chi connectivity index (χ1v) is 8.68. The van der Waals surface area contributed by atoms with Crippen molar-refractivity contribution in [3.05, 3.63) is 70.7 Å². The number of esters is 1. The zero-order chi connectivity index (χ0) is 18.5. The number of nitrogens with zero attached hydrogens (tertiary/aromatic N) is 1. The Bertz CT molecular complexity index is 804. The van der Waals surface area contributed by atoms with Gasteiger partial charge < -0.3 is 9.64 Å². The van der Waals surface area contributed by atoms with Gasteiger partial charge in [-0.1, -0.05) is 41.9 Å². The van der Waals surface area contributed by atoms with Crippen LogP contribution in [0.3, 0.4) is 0 Å². The Labute approximate surface area is 156 Å². The van der Waals surface area contributed by atoms with Crippen molar-refractivity contribution in [2.75, 3.05) is 13.2 Å². The number of ketones is 1. The molecule has 26 heavy (non-hydrogen) atoms. The van der Waals surface area contributed by atoms with E-state index in [4.69, 9.17) is 16.3 Å². The lowest BCUT2D eigenvalue weighted by atomic mass is 10.1. The molecule has 6 heteroatoms. The zero-order valence-corrected chi connectivity index (χ0v) is 14.8. The number of benzene rings is 2. The van der Waals surface area contributed by atoms with Crippen LogP contribution < -0.4 is 0 Å². The highest BCUT2D eigenvalue weighted by atomic mass is 35.5. The molecule has 5 nitrogen and oxygen atoms in total. The molecule has 1 amide bonds. The SMILES string of the molecule is O=C(COC(=O)[C@H]1CC(=O)N(Cc2ccccc2)C1)c1ccc(Cl)cc1. The molecule has 1 fully saturated rings. The summed E-state index contributed by atoms with van der Waals surface area (Å²) in [5.41, 5.74) is 1.43. The average Bonchev–Trinajstić information content (AvgIpc) is 3.01.